The Morgan fingerprint density at radius 3 is 2.79 bits per heavy atom. The molecule has 3 rings (SSSR count). The summed E-state index contributed by atoms with van der Waals surface area (Å²) in [5.74, 6) is -3.50. The summed E-state index contributed by atoms with van der Waals surface area (Å²) in [7, 11) is 0. The van der Waals surface area contributed by atoms with Crippen LogP contribution in [0.1, 0.15) is 23.3 Å². The van der Waals surface area contributed by atoms with Gasteiger partial charge in [0.2, 0.25) is 5.91 Å². The van der Waals surface area contributed by atoms with Crippen LogP contribution in [0, 0.1) is 11.8 Å². The normalized spacial score (nSPS) is 19.8. The molecule has 0 bridgehead atoms. The number of carbonyl (C=O) groups is 2. The monoisotopic (exact) mass is 395 g/mol. The van der Waals surface area contributed by atoms with Crippen LogP contribution in [0.3, 0.4) is 0 Å². The van der Waals surface area contributed by atoms with Gasteiger partial charge in [-0.05, 0) is 12.5 Å². The maximum atomic E-state index is 13.5. The SMILES string of the molecule is C=CCCC(=O)NCC1CN(C(=O)c2ccnc3ccnn23)CC1C(F)(F)F. The first-order valence-electron chi connectivity index (χ1n) is 8.83. The summed E-state index contributed by atoms with van der Waals surface area (Å²) in [6.07, 6.45) is 0.598. The Morgan fingerprint density at radius 1 is 1.29 bits per heavy atom. The van der Waals surface area contributed by atoms with Gasteiger partial charge in [0.05, 0.1) is 12.1 Å². The first-order chi connectivity index (χ1) is 13.3. The summed E-state index contributed by atoms with van der Waals surface area (Å²) >= 11 is 0. The molecule has 1 aliphatic heterocycles. The van der Waals surface area contributed by atoms with Crippen LogP contribution < -0.4 is 5.32 Å². The number of nitrogens with zero attached hydrogens (tertiary/aromatic N) is 4. The highest BCUT2D eigenvalue weighted by molar-refractivity contribution is 5.93. The number of hydrogen-bond donors (Lipinski definition) is 1. The summed E-state index contributed by atoms with van der Waals surface area (Å²) in [6, 6.07) is 3.02. The highest BCUT2D eigenvalue weighted by Gasteiger charge is 2.50. The standard InChI is InChI=1S/C18H20F3N5O2/c1-2-3-4-16(27)23-9-12-10-25(11-13(12)18(19,20)21)17(28)14-5-7-22-15-6-8-24-26(14)15/h2,5-8,12-13H,1,3-4,9-11H2,(H,23,27). The molecule has 0 aliphatic carbocycles. The fourth-order valence-electron chi connectivity index (χ4n) is 3.34. The minimum Gasteiger partial charge on any atom is -0.356 e. The van der Waals surface area contributed by atoms with Gasteiger partial charge in [-0.25, -0.2) is 9.50 Å². The minimum atomic E-state index is -4.47. The third-order valence-electron chi connectivity index (χ3n) is 4.79. The summed E-state index contributed by atoms with van der Waals surface area (Å²) in [5.41, 5.74) is 0.579. The predicted octanol–water partition coefficient (Wildman–Crippen LogP) is 2.06. The van der Waals surface area contributed by atoms with Gasteiger partial charge in [0.25, 0.3) is 5.91 Å². The molecule has 2 amide bonds. The summed E-state index contributed by atoms with van der Waals surface area (Å²) in [4.78, 5) is 29.8. The summed E-state index contributed by atoms with van der Waals surface area (Å²) in [6.45, 7) is 2.81. The fraction of sp³-hybridized carbons (Fsp3) is 0.444. The largest absolute Gasteiger partial charge is 0.393 e. The third-order valence-corrected chi connectivity index (χ3v) is 4.79. The summed E-state index contributed by atoms with van der Waals surface area (Å²) < 4.78 is 41.8. The molecule has 7 nitrogen and oxygen atoms in total. The second kappa shape index (κ2) is 7.99. The van der Waals surface area contributed by atoms with Crippen LogP contribution in [0.15, 0.2) is 37.2 Å². The van der Waals surface area contributed by atoms with Crippen molar-refractivity contribution in [3.63, 3.8) is 0 Å². The number of halogens is 3. The highest BCUT2D eigenvalue weighted by Crippen LogP contribution is 2.37. The van der Waals surface area contributed by atoms with Gasteiger partial charge >= 0.3 is 6.18 Å². The molecule has 2 atom stereocenters. The van der Waals surface area contributed by atoms with E-state index in [1.807, 2.05) is 0 Å². The molecule has 150 valence electrons. The molecule has 0 saturated carbocycles. The number of amides is 2. The molecule has 1 aliphatic rings. The van der Waals surface area contributed by atoms with Crippen molar-refractivity contribution in [2.45, 2.75) is 19.0 Å². The van der Waals surface area contributed by atoms with Crippen LogP contribution in [0.4, 0.5) is 13.2 Å². The van der Waals surface area contributed by atoms with Crippen LogP contribution >= 0.6 is 0 Å². The van der Waals surface area contributed by atoms with E-state index in [4.69, 9.17) is 0 Å². The topological polar surface area (TPSA) is 79.6 Å². The van der Waals surface area contributed by atoms with E-state index in [9.17, 15) is 22.8 Å². The van der Waals surface area contributed by atoms with Crippen molar-refractivity contribution in [1.82, 2.24) is 24.8 Å². The molecule has 2 unspecified atom stereocenters. The molecule has 2 aromatic heterocycles. The zero-order valence-corrected chi connectivity index (χ0v) is 15.0. The van der Waals surface area contributed by atoms with Gasteiger partial charge in [0.1, 0.15) is 5.69 Å². The molecular formula is C18H20F3N5O2. The Balaban J connectivity index is 1.74. The number of rotatable bonds is 6. The van der Waals surface area contributed by atoms with Crippen molar-refractivity contribution < 1.29 is 22.8 Å². The molecule has 2 aromatic rings. The van der Waals surface area contributed by atoms with Crippen molar-refractivity contribution in [2.75, 3.05) is 19.6 Å². The Kier molecular flexibility index (Phi) is 5.66. The lowest BCUT2D eigenvalue weighted by Gasteiger charge is -2.21. The number of aromatic nitrogens is 3. The average molecular weight is 395 g/mol. The van der Waals surface area contributed by atoms with Crippen LogP contribution in [0.5, 0.6) is 0 Å². The van der Waals surface area contributed by atoms with Crippen LogP contribution in [0.2, 0.25) is 0 Å². The van der Waals surface area contributed by atoms with Gasteiger partial charge in [0.15, 0.2) is 5.65 Å². The Labute approximate surface area is 159 Å². The molecule has 1 saturated heterocycles. The number of likely N-dealkylation sites (tertiary alicyclic amines) is 1. The smallest absolute Gasteiger partial charge is 0.356 e. The van der Waals surface area contributed by atoms with E-state index >= 15 is 0 Å². The number of fused-ring (bicyclic) bond motifs is 1. The number of alkyl halides is 3. The first kappa shape index (κ1) is 19.8. The number of allylic oxidation sites excluding steroid dienone is 1. The van der Waals surface area contributed by atoms with E-state index in [2.05, 4.69) is 22.0 Å². The second-order valence-electron chi connectivity index (χ2n) is 6.68. The molecular weight excluding hydrogens is 375 g/mol. The van der Waals surface area contributed by atoms with E-state index in [0.717, 1.165) is 4.90 Å². The van der Waals surface area contributed by atoms with E-state index in [-0.39, 0.29) is 31.1 Å². The number of carbonyl (C=O) groups excluding carboxylic acids is 2. The zero-order chi connectivity index (χ0) is 20.3. The van der Waals surface area contributed by atoms with Crippen molar-refractivity contribution in [3.05, 3.63) is 42.9 Å². The average Bonchev–Trinajstić information content (AvgIpc) is 3.30. The fourth-order valence-corrected chi connectivity index (χ4v) is 3.34. The quantitative estimate of drug-likeness (QED) is 0.760. The molecule has 10 heteroatoms. The molecule has 1 N–H and O–H groups in total. The van der Waals surface area contributed by atoms with E-state index < -0.39 is 30.5 Å². The Bertz CT molecular complexity index is 879. The van der Waals surface area contributed by atoms with E-state index in [1.54, 1.807) is 12.1 Å². The third kappa shape index (κ3) is 4.15. The maximum absolute atomic E-state index is 13.5. The molecule has 28 heavy (non-hydrogen) atoms. The zero-order valence-electron chi connectivity index (χ0n) is 15.0. The lowest BCUT2D eigenvalue weighted by Crippen LogP contribution is -2.37. The molecule has 1 fully saturated rings. The minimum absolute atomic E-state index is 0.101. The van der Waals surface area contributed by atoms with Crippen molar-refractivity contribution in [3.8, 4) is 0 Å². The van der Waals surface area contributed by atoms with Gasteiger partial charge < -0.3 is 10.2 Å². The van der Waals surface area contributed by atoms with Gasteiger partial charge in [-0.3, -0.25) is 9.59 Å². The first-order valence-corrected chi connectivity index (χ1v) is 8.83. The van der Waals surface area contributed by atoms with Gasteiger partial charge in [0, 0.05) is 44.2 Å². The van der Waals surface area contributed by atoms with Gasteiger partial charge in [-0.15, -0.1) is 6.58 Å². The van der Waals surface area contributed by atoms with Crippen molar-refractivity contribution in [1.29, 1.82) is 0 Å². The molecule has 0 spiro atoms. The lowest BCUT2D eigenvalue weighted by atomic mass is 9.95. The van der Waals surface area contributed by atoms with Crippen molar-refractivity contribution >= 4 is 17.5 Å². The second-order valence-corrected chi connectivity index (χ2v) is 6.68. The molecule has 3 heterocycles. The molecule has 0 aromatic carbocycles. The Hall–Kier alpha value is -2.91. The molecule has 0 radical (unpaired) electrons. The van der Waals surface area contributed by atoms with Crippen LogP contribution in [-0.2, 0) is 4.79 Å². The lowest BCUT2D eigenvalue weighted by molar-refractivity contribution is -0.179. The number of hydrogen-bond acceptors (Lipinski definition) is 4. The van der Waals surface area contributed by atoms with Crippen molar-refractivity contribution in [2.24, 2.45) is 11.8 Å². The van der Waals surface area contributed by atoms with E-state index in [1.165, 1.54) is 23.0 Å². The Morgan fingerprint density at radius 2 is 2.07 bits per heavy atom. The summed E-state index contributed by atoms with van der Waals surface area (Å²) in [5, 5.41) is 6.54. The maximum Gasteiger partial charge on any atom is 0.393 e. The van der Waals surface area contributed by atoms with E-state index in [0.29, 0.717) is 12.1 Å². The van der Waals surface area contributed by atoms with Crippen LogP contribution in [0.25, 0.3) is 5.65 Å². The van der Waals surface area contributed by atoms with Gasteiger partial charge in [-0.1, -0.05) is 6.08 Å². The van der Waals surface area contributed by atoms with Gasteiger partial charge in [-0.2, -0.15) is 18.3 Å². The highest BCUT2D eigenvalue weighted by atomic mass is 19.4. The number of nitrogens with one attached hydrogen (secondary N) is 1. The van der Waals surface area contributed by atoms with Crippen LogP contribution in [-0.4, -0.2) is 57.1 Å². The predicted molar refractivity (Wildman–Crippen MR) is 94.4 cm³/mol.